The lowest BCUT2D eigenvalue weighted by Crippen LogP contribution is -2.44. The van der Waals surface area contributed by atoms with E-state index in [0.717, 1.165) is 50.2 Å². The molecule has 0 spiro atoms. The third kappa shape index (κ3) is 7.27. The molecule has 9 heteroatoms. The van der Waals surface area contributed by atoms with Crippen LogP contribution in [0.1, 0.15) is 77.8 Å². The monoisotopic (exact) mass is 509 g/mol. The van der Waals surface area contributed by atoms with E-state index in [9.17, 15) is 18.0 Å². The quantitative estimate of drug-likeness (QED) is 0.493. The Bertz CT molecular complexity index is 945. The van der Waals surface area contributed by atoms with Gasteiger partial charge in [-0.15, -0.1) is 11.3 Å². The number of methoxy groups -OCH3 is 1. The number of nitrogens with zero attached hydrogens (tertiary/aromatic N) is 2. The number of alkyl halides is 3. The normalized spacial score (nSPS) is 24.4. The summed E-state index contributed by atoms with van der Waals surface area (Å²) < 4.78 is 42.8. The van der Waals surface area contributed by atoms with Crippen LogP contribution in [0.3, 0.4) is 0 Å². The van der Waals surface area contributed by atoms with Crippen molar-refractivity contribution in [3.8, 4) is 0 Å². The largest absolute Gasteiger partial charge is 0.389 e. The maximum atomic E-state index is 13.1. The Balaban J connectivity index is 1.32. The zero-order chi connectivity index (χ0) is 24.8. The van der Waals surface area contributed by atoms with Gasteiger partial charge in [0, 0.05) is 36.8 Å². The molecule has 1 aliphatic heterocycles. The summed E-state index contributed by atoms with van der Waals surface area (Å²) in [4.78, 5) is 19.9. The van der Waals surface area contributed by atoms with Crippen LogP contribution in [-0.2, 0) is 4.74 Å². The zero-order valence-corrected chi connectivity index (χ0v) is 20.9. The van der Waals surface area contributed by atoms with Gasteiger partial charge in [0.1, 0.15) is 5.69 Å². The number of amides is 1. The lowest BCUT2D eigenvalue weighted by atomic mass is 9.78. The van der Waals surface area contributed by atoms with E-state index in [-0.39, 0.29) is 36.3 Å². The molecule has 1 N–H and O–H groups in total. The summed E-state index contributed by atoms with van der Waals surface area (Å²) in [6.45, 7) is 2.01. The van der Waals surface area contributed by atoms with Crippen molar-refractivity contribution in [2.75, 3.05) is 26.7 Å². The van der Waals surface area contributed by atoms with Gasteiger partial charge in [0.25, 0.3) is 5.91 Å². The summed E-state index contributed by atoms with van der Waals surface area (Å²) in [6, 6.07) is 10.3. The minimum atomic E-state index is -4.08. The topological polar surface area (TPSA) is 54.5 Å². The van der Waals surface area contributed by atoms with Crippen LogP contribution in [0.25, 0.3) is 0 Å². The number of ether oxygens (including phenoxy) is 1. The summed E-state index contributed by atoms with van der Waals surface area (Å²) >= 11 is 1.51. The van der Waals surface area contributed by atoms with Gasteiger partial charge in [-0.3, -0.25) is 4.79 Å². The van der Waals surface area contributed by atoms with Crippen LogP contribution in [0, 0.1) is 0 Å². The van der Waals surface area contributed by atoms with Gasteiger partial charge in [0.15, 0.2) is 0 Å². The molecule has 2 aliphatic rings. The molecule has 192 valence electrons. The number of nitrogens with one attached hydrogen (secondary N) is 1. The molecule has 1 saturated carbocycles. The van der Waals surface area contributed by atoms with Gasteiger partial charge in [-0.2, -0.15) is 13.2 Å². The number of piperidine rings is 1. The zero-order valence-electron chi connectivity index (χ0n) is 20.1. The first kappa shape index (κ1) is 26.1. The van der Waals surface area contributed by atoms with E-state index in [1.165, 1.54) is 16.9 Å². The van der Waals surface area contributed by atoms with E-state index in [0.29, 0.717) is 12.2 Å². The fourth-order valence-corrected chi connectivity index (χ4v) is 6.30. The molecule has 4 rings (SSSR count). The summed E-state index contributed by atoms with van der Waals surface area (Å²) in [7, 11) is 1.72. The number of thiazole rings is 1. The number of aromatic nitrogens is 1. The molecule has 35 heavy (non-hydrogen) atoms. The standard InChI is InChI=1S/C26H34F3N3O2S/c1-34-20-8-9-21(18-6-3-2-4-7-18)22(16-20)30-24(33)23-17-35-25(31-23)19-10-14-32(15-11-19)13-5-12-26(27,28)29/h2-4,6-7,17,19-22H,5,8-16H2,1H3,(H,30,33). The van der Waals surface area contributed by atoms with Gasteiger partial charge in [-0.25, -0.2) is 4.98 Å². The molecular formula is C26H34F3N3O2S. The van der Waals surface area contributed by atoms with Crippen LogP contribution in [-0.4, -0.2) is 60.9 Å². The Labute approximate surface area is 209 Å². The van der Waals surface area contributed by atoms with Crippen molar-refractivity contribution in [1.29, 1.82) is 0 Å². The first-order chi connectivity index (χ1) is 16.8. The van der Waals surface area contributed by atoms with Crippen molar-refractivity contribution in [3.05, 3.63) is 52.0 Å². The summed E-state index contributed by atoms with van der Waals surface area (Å²) in [6.07, 6.45) is -0.128. The van der Waals surface area contributed by atoms with Gasteiger partial charge in [0.05, 0.1) is 11.1 Å². The van der Waals surface area contributed by atoms with Crippen molar-refractivity contribution in [2.24, 2.45) is 0 Å². The number of carbonyl (C=O) groups is 1. The van der Waals surface area contributed by atoms with Gasteiger partial charge < -0.3 is 15.0 Å². The van der Waals surface area contributed by atoms with Crippen molar-refractivity contribution < 1.29 is 22.7 Å². The smallest absolute Gasteiger partial charge is 0.381 e. The molecule has 1 aliphatic carbocycles. The molecule has 1 amide bonds. The van der Waals surface area contributed by atoms with E-state index in [1.807, 2.05) is 23.6 Å². The number of likely N-dealkylation sites (tertiary alicyclic amines) is 1. The third-order valence-electron chi connectivity index (χ3n) is 7.31. The van der Waals surface area contributed by atoms with E-state index in [4.69, 9.17) is 4.74 Å². The average molecular weight is 510 g/mol. The molecule has 1 saturated heterocycles. The maximum Gasteiger partial charge on any atom is 0.389 e. The molecule has 2 aromatic rings. The number of halogens is 3. The summed E-state index contributed by atoms with van der Waals surface area (Å²) in [5, 5.41) is 6.01. The van der Waals surface area contributed by atoms with Crippen LogP contribution in [0.2, 0.25) is 0 Å². The predicted molar refractivity (Wildman–Crippen MR) is 131 cm³/mol. The van der Waals surface area contributed by atoms with Gasteiger partial charge >= 0.3 is 6.18 Å². The molecule has 1 aromatic carbocycles. The van der Waals surface area contributed by atoms with Gasteiger partial charge in [0.2, 0.25) is 0 Å². The molecule has 0 radical (unpaired) electrons. The van der Waals surface area contributed by atoms with Crippen LogP contribution in [0.4, 0.5) is 13.2 Å². The Morgan fingerprint density at radius 2 is 1.91 bits per heavy atom. The van der Waals surface area contributed by atoms with Crippen LogP contribution in [0.15, 0.2) is 35.7 Å². The number of rotatable bonds is 8. The maximum absolute atomic E-state index is 13.1. The van der Waals surface area contributed by atoms with E-state index in [1.54, 1.807) is 7.11 Å². The fourth-order valence-electron chi connectivity index (χ4n) is 5.33. The van der Waals surface area contributed by atoms with Crippen molar-refractivity contribution in [1.82, 2.24) is 15.2 Å². The van der Waals surface area contributed by atoms with Crippen LogP contribution >= 0.6 is 11.3 Å². The Morgan fingerprint density at radius 3 is 2.60 bits per heavy atom. The molecule has 1 aromatic heterocycles. The summed E-state index contributed by atoms with van der Waals surface area (Å²) in [5.41, 5.74) is 1.68. The molecule has 3 unspecified atom stereocenters. The SMILES string of the molecule is COC1CCC(c2ccccc2)C(NC(=O)c2csc(C3CCN(CCCC(F)(F)F)CC3)n2)C1. The van der Waals surface area contributed by atoms with Crippen molar-refractivity contribution >= 4 is 17.2 Å². The number of benzene rings is 1. The molecule has 2 fully saturated rings. The minimum Gasteiger partial charge on any atom is -0.381 e. The first-order valence-electron chi connectivity index (χ1n) is 12.5. The van der Waals surface area contributed by atoms with E-state index < -0.39 is 12.6 Å². The highest BCUT2D eigenvalue weighted by Gasteiger charge is 2.33. The Hall–Kier alpha value is -1.97. The highest BCUT2D eigenvalue weighted by Crippen LogP contribution is 2.35. The second-order valence-corrected chi connectivity index (χ2v) is 10.6. The van der Waals surface area contributed by atoms with E-state index in [2.05, 4.69) is 27.3 Å². The third-order valence-corrected chi connectivity index (χ3v) is 8.31. The second kappa shape index (κ2) is 11.8. The van der Waals surface area contributed by atoms with Crippen molar-refractivity contribution in [2.45, 2.75) is 75.1 Å². The molecule has 5 nitrogen and oxygen atoms in total. The Kier molecular flexibility index (Phi) is 8.83. The van der Waals surface area contributed by atoms with Crippen LogP contribution in [0.5, 0.6) is 0 Å². The second-order valence-electron chi connectivity index (χ2n) is 9.67. The number of hydrogen-bond donors (Lipinski definition) is 1. The summed E-state index contributed by atoms with van der Waals surface area (Å²) in [5.74, 6) is 0.344. The number of hydrogen-bond acceptors (Lipinski definition) is 5. The highest BCUT2D eigenvalue weighted by atomic mass is 32.1. The van der Waals surface area contributed by atoms with Gasteiger partial charge in [-0.05, 0) is 63.7 Å². The number of carbonyl (C=O) groups excluding carboxylic acids is 1. The molecule has 2 heterocycles. The lowest BCUT2D eigenvalue weighted by Gasteiger charge is -2.36. The highest BCUT2D eigenvalue weighted by molar-refractivity contribution is 7.09. The minimum absolute atomic E-state index is 0.0197. The van der Waals surface area contributed by atoms with Crippen LogP contribution < -0.4 is 5.32 Å². The van der Waals surface area contributed by atoms with Gasteiger partial charge in [-0.1, -0.05) is 30.3 Å². The predicted octanol–water partition coefficient (Wildman–Crippen LogP) is 5.75. The molecule has 0 bridgehead atoms. The van der Waals surface area contributed by atoms with E-state index >= 15 is 0 Å². The fraction of sp³-hybridized carbons (Fsp3) is 0.615. The average Bonchev–Trinajstić information content (AvgIpc) is 3.35. The first-order valence-corrected chi connectivity index (χ1v) is 13.3. The molecular weight excluding hydrogens is 475 g/mol. The Morgan fingerprint density at radius 1 is 1.17 bits per heavy atom. The lowest BCUT2D eigenvalue weighted by molar-refractivity contribution is -0.136. The van der Waals surface area contributed by atoms with Crippen molar-refractivity contribution in [3.63, 3.8) is 0 Å². The molecule has 3 atom stereocenters.